The third-order valence-electron chi connectivity index (χ3n) is 5.27. The highest BCUT2D eigenvalue weighted by molar-refractivity contribution is 5.97. The van der Waals surface area contributed by atoms with Gasteiger partial charge in [0.25, 0.3) is 0 Å². The van der Waals surface area contributed by atoms with Crippen LogP contribution in [0.3, 0.4) is 0 Å². The fourth-order valence-electron chi connectivity index (χ4n) is 3.42. The minimum atomic E-state index is -0.354. The van der Waals surface area contributed by atoms with Crippen LogP contribution < -0.4 is 14.8 Å². The molecule has 1 saturated heterocycles. The number of carbonyl (C=O) groups is 2. The highest BCUT2D eigenvalue weighted by atomic mass is 16.5. The predicted molar refractivity (Wildman–Crippen MR) is 108 cm³/mol. The fraction of sp³-hybridized carbons (Fsp3) is 0.364. The van der Waals surface area contributed by atoms with Crippen LogP contribution in [0.1, 0.15) is 23.1 Å². The standard InChI is InChI=1S/C22H26N2O4/c1-14-6-5-7-18(15(14)2)23-22(26)17-11-21(25)24(13-17)12-16-8-9-19(27-3)20(10-16)28-4/h5-10,17H,11-13H2,1-4H3,(H,23,26). The number of aryl methyl sites for hydroxylation is 1. The first-order valence-electron chi connectivity index (χ1n) is 9.28. The summed E-state index contributed by atoms with van der Waals surface area (Å²) in [7, 11) is 3.16. The molecular weight excluding hydrogens is 356 g/mol. The number of anilines is 1. The molecule has 0 aromatic heterocycles. The van der Waals surface area contributed by atoms with Gasteiger partial charge in [0.05, 0.1) is 20.1 Å². The summed E-state index contributed by atoms with van der Waals surface area (Å²) < 4.78 is 10.6. The lowest BCUT2D eigenvalue weighted by Gasteiger charge is -2.18. The van der Waals surface area contributed by atoms with E-state index in [0.717, 1.165) is 22.4 Å². The molecule has 6 nitrogen and oxygen atoms in total. The number of rotatable bonds is 6. The Morgan fingerprint density at radius 1 is 1.14 bits per heavy atom. The van der Waals surface area contributed by atoms with Gasteiger partial charge in [0, 0.05) is 25.2 Å². The van der Waals surface area contributed by atoms with E-state index in [1.807, 2.05) is 50.2 Å². The van der Waals surface area contributed by atoms with Crippen molar-refractivity contribution in [2.45, 2.75) is 26.8 Å². The van der Waals surface area contributed by atoms with Crippen LogP contribution in [0.15, 0.2) is 36.4 Å². The number of hydrogen-bond acceptors (Lipinski definition) is 4. The molecule has 1 N–H and O–H groups in total. The first-order chi connectivity index (χ1) is 13.4. The van der Waals surface area contributed by atoms with E-state index < -0.39 is 0 Å². The maximum absolute atomic E-state index is 12.7. The van der Waals surface area contributed by atoms with Crippen molar-refractivity contribution in [3.05, 3.63) is 53.1 Å². The zero-order valence-corrected chi connectivity index (χ0v) is 16.7. The number of nitrogens with zero attached hydrogens (tertiary/aromatic N) is 1. The van der Waals surface area contributed by atoms with Gasteiger partial charge in [-0.05, 0) is 48.7 Å². The molecule has 1 aliphatic heterocycles. The summed E-state index contributed by atoms with van der Waals surface area (Å²) in [5, 5.41) is 2.98. The zero-order valence-electron chi connectivity index (χ0n) is 16.7. The summed E-state index contributed by atoms with van der Waals surface area (Å²) in [5.74, 6) is 0.779. The Kier molecular flexibility index (Phi) is 5.87. The van der Waals surface area contributed by atoms with Gasteiger partial charge in [-0.1, -0.05) is 18.2 Å². The quantitative estimate of drug-likeness (QED) is 0.832. The molecule has 148 valence electrons. The third-order valence-corrected chi connectivity index (χ3v) is 5.27. The Balaban J connectivity index is 1.66. The van der Waals surface area contributed by atoms with E-state index in [1.165, 1.54) is 0 Å². The van der Waals surface area contributed by atoms with Gasteiger partial charge in [-0.15, -0.1) is 0 Å². The van der Waals surface area contributed by atoms with E-state index in [2.05, 4.69) is 5.32 Å². The summed E-state index contributed by atoms with van der Waals surface area (Å²) in [4.78, 5) is 26.8. The predicted octanol–water partition coefficient (Wildman–Crippen LogP) is 3.31. The second kappa shape index (κ2) is 8.33. The summed E-state index contributed by atoms with van der Waals surface area (Å²) in [5.41, 5.74) is 3.90. The third kappa shape index (κ3) is 4.11. The largest absolute Gasteiger partial charge is 0.493 e. The number of likely N-dealkylation sites (tertiary alicyclic amines) is 1. The highest BCUT2D eigenvalue weighted by Gasteiger charge is 2.34. The van der Waals surface area contributed by atoms with Crippen molar-refractivity contribution in [3.63, 3.8) is 0 Å². The monoisotopic (exact) mass is 382 g/mol. The number of nitrogens with one attached hydrogen (secondary N) is 1. The Hall–Kier alpha value is -3.02. The molecule has 28 heavy (non-hydrogen) atoms. The SMILES string of the molecule is COc1ccc(CN2CC(C(=O)Nc3cccc(C)c3C)CC2=O)cc1OC. The van der Waals surface area contributed by atoms with E-state index in [-0.39, 0.29) is 24.2 Å². The molecule has 0 spiro atoms. The van der Waals surface area contributed by atoms with Crippen LogP contribution in [0, 0.1) is 19.8 Å². The highest BCUT2D eigenvalue weighted by Crippen LogP contribution is 2.29. The summed E-state index contributed by atoms with van der Waals surface area (Å²) in [6.07, 6.45) is 0.226. The smallest absolute Gasteiger partial charge is 0.229 e. The molecule has 2 aromatic rings. The lowest BCUT2D eigenvalue weighted by molar-refractivity contribution is -0.128. The Morgan fingerprint density at radius 2 is 1.89 bits per heavy atom. The number of hydrogen-bond donors (Lipinski definition) is 1. The van der Waals surface area contributed by atoms with Gasteiger partial charge < -0.3 is 19.7 Å². The topological polar surface area (TPSA) is 67.9 Å². The Morgan fingerprint density at radius 3 is 2.61 bits per heavy atom. The minimum Gasteiger partial charge on any atom is -0.493 e. The lowest BCUT2D eigenvalue weighted by Crippen LogP contribution is -2.28. The van der Waals surface area contributed by atoms with Crippen molar-refractivity contribution in [1.82, 2.24) is 4.90 Å². The van der Waals surface area contributed by atoms with E-state index in [9.17, 15) is 9.59 Å². The molecule has 2 aromatic carbocycles. The van der Waals surface area contributed by atoms with Gasteiger partial charge in [-0.25, -0.2) is 0 Å². The molecule has 1 fully saturated rings. The van der Waals surface area contributed by atoms with Crippen LogP contribution in [0.2, 0.25) is 0 Å². The molecule has 0 radical (unpaired) electrons. The second-order valence-electron chi connectivity index (χ2n) is 7.10. The van der Waals surface area contributed by atoms with Crippen LogP contribution in [0.5, 0.6) is 11.5 Å². The number of methoxy groups -OCH3 is 2. The molecule has 1 aliphatic rings. The van der Waals surface area contributed by atoms with Gasteiger partial charge in [-0.2, -0.15) is 0 Å². The number of amides is 2. The zero-order chi connectivity index (χ0) is 20.3. The molecule has 1 heterocycles. The van der Waals surface area contributed by atoms with E-state index in [1.54, 1.807) is 19.1 Å². The van der Waals surface area contributed by atoms with Crippen LogP contribution in [-0.2, 0) is 16.1 Å². The first-order valence-corrected chi connectivity index (χ1v) is 9.28. The molecule has 3 rings (SSSR count). The van der Waals surface area contributed by atoms with Gasteiger partial charge in [-0.3, -0.25) is 9.59 Å². The second-order valence-corrected chi connectivity index (χ2v) is 7.10. The fourth-order valence-corrected chi connectivity index (χ4v) is 3.42. The molecule has 1 unspecified atom stereocenters. The average Bonchev–Trinajstić information content (AvgIpc) is 3.06. The van der Waals surface area contributed by atoms with Gasteiger partial charge >= 0.3 is 0 Å². The number of ether oxygens (including phenoxy) is 2. The van der Waals surface area contributed by atoms with E-state index >= 15 is 0 Å². The lowest BCUT2D eigenvalue weighted by atomic mass is 10.1. The molecule has 0 saturated carbocycles. The maximum Gasteiger partial charge on any atom is 0.229 e. The maximum atomic E-state index is 12.7. The van der Waals surface area contributed by atoms with Gasteiger partial charge in [0.15, 0.2) is 11.5 Å². The average molecular weight is 382 g/mol. The van der Waals surface area contributed by atoms with E-state index in [4.69, 9.17) is 9.47 Å². The van der Waals surface area contributed by atoms with Crippen LogP contribution in [0.25, 0.3) is 0 Å². The Bertz CT molecular complexity index is 894. The molecule has 0 aliphatic carbocycles. The van der Waals surface area contributed by atoms with Crippen LogP contribution in [-0.4, -0.2) is 37.5 Å². The Labute approximate surface area is 165 Å². The molecule has 1 atom stereocenters. The van der Waals surface area contributed by atoms with Crippen molar-refractivity contribution in [3.8, 4) is 11.5 Å². The first kappa shape index (κ1) is 19.7. The summed E-state index contributed by atoms with van der Waals surface area (Å²) >= 11 is 0. The van der Waals surface area contributed by atoms with Gasteiger partial charge in [0.1, 0.15) is 0 Å². The number of benzene rings is 2. The van der Waals surface area contributed by atoms with Crippen LogP contribution in [0.4, 0.5) is 5.69 Å². The molecule has 0 bridgehead atoms. The molecular formula is C22H26N2O4. The van der Waals surface area contributed by atoms with Crippen molar-refractivity contribution >= 4 is 17.5 Å². The minimum absolute atomic E-state index is 0.0177. The van der Waals surface area contributed by atoms with Gasteiger partial charge in [0.2, 0.25) is 11.8 Å². The summed E-state index contributed by atoms with van der Waals surface area (Å²) in [6, 6.07) is 11.4. The van der Waals surface area contributed by atoms with Crippen molar-refractivity contribution in [2.24, 2.45) is 5.92 Å². The normalized spacial score (nSPS) is 16.2. The van der Waals surface area contributed by atoms with Crippen molar-refractivity contribution < 1.29 is 19.1 Å². The van der Waals surface area contributed by atoms with Crippen LogP contribution >= 0.6 is 0 Å². The summed E-state index contributed by atoms with van der Waals surface area (Å²) in [6.45, 7) is 4.83. The van der Waals surface area contributed by atoms with Crippen molar-refractivity contribution in [1.29, 1.82) is 0 Å². The van der Waals surface area contributed by atoms with Crippen molar-refractivity contribution in [2.75, 3.05) is 26.1 Å². The number of carbonyl (C=O) groups excluding carboxylic acids is 2. The molecule has 2 amide bonds. The molecule has 6 heteroatoms. The van der Waals surface area contributed by atoms with E-state index in [0.29, 0.717) is 24.6 Å².